The first-order chi connectivity index (χ1) is 8.18. The number of sulfone groups is 1. The van der Waals surface area contributed by atoms with Crippen molar-refractivity contribution in [2.75, 3.05) is 6.26 Å². The second-order valence-corrected chi connectivity index (χ2v) is 6.51. The molecule has 0 fully saturated rings. The van der Waals surface area contributed by atoms with Crippen molar-refractivity contribution in [1.29, 1.82) is 0 Å². The molecule has 0 N–H and O–H groups in total. The molecule has 0 atom stereocenters. The molecule has 5 heteroatoms. The van der Waals surface area contributed by atoms with E-state index in [4.69, 9.17) is 11.6 Å². The molecule has 0 aliphatic carbocycles. The smallest absolute Gasteiger partial charge is 0.252 e. The SMILES string of the molecule is CC=C(C)c1cc(C)c(C(=O)Cl)cc1S(C)(=O)=O. The van der Waals surface area contributed by atoms with Gasteiger partial charge in [0.2, 0.25) is 0 Å². The zero-order valence-electron chi connectivity index (χ0n) is 10.7. The van der Waals surface area contributed by atoms with Crippen molar-refractivity contribution in [3.63, 3.8) is 0 Å². The molecule has 0 heterocycles. The molecular formula is C13H15ClO3S. The highest BCUT2D eigenvalue weighted by Gasteiger charge is 2.18. The molecule has 0 spiro atoms. The fraction of sp³-hybridized carbons (Fsp3) is 0.308. The molecule has 3 nitrogen and oxygen atoms in total. The molecule has 0 aliphatic rings. The predicted octanol–water partition coefficient (Wildman–Crippen LogP) is 3.20. The zero-order valence-corrected chi connectivity index (χ0v) is 12.3. The van der Waals surface area contributed by atoms with Crippen LogP contribution >= 0.6 is 11.6 Å². The van der Waals surface area contributed by atoms with Gasteiger partial charge in [-0.05, 0) is 61.2 Å². The summed E-state index contributed by atoms with van der Waals surface area (Å²) in [5, 5.41) is -0.651. The van der Waals surface area contributed by atoms with E-state index in [1.165, 1.54) is 6.07 Å². The fourth-order valence-corrected chi connectivity index (χ4v) is 2.83. The summed E-state index contributed by atoms with van der Waals surface area (Å²) in [6.07, 6.45) is 2.94. The third-order valence-corrected chi connectivity index (χ3v) is 4.14. The summed E-state index contributed by atoms with van der Waals surface area (Å²) in [4.78, 5) is 11.4. The lowest BCUT2D eigenvalue weighted by molar-refractivity contribution is 0.108. The van der Waals surface area contributed by atoms with E-state index in [0.717, 1.165) is 11.8 Å². The van der Waals surface area contributed by atoms with E-state index in [0.29, 0.717) is 11.1 Å². The van der Waals surface area contributed by atoms with Gasteiger partial charge in [0.15, 0.2) is 9.84 Å². The molecule has 0 bridgehead atoms. The highest BCUT2D eigenvalue weighted by atomic mass is 35.5. The van der Waals surface area contributed by atoms with E-state index in [1.54, 1.807) is 13.0 Å². The minimum atomic E-state index is -3.41. The first-order valence-corrected chi connectivity index (χ1v) is 7.63. The average molecular weight is 287 g/mol. The van der Waals surface area contributed by atoms with Crippen LogP contribution in [0.25, 0.3) is 5.57 Å². The number of halogens is 1. The van der Waals surface area contributed by atoms with Gasteiger partial charge in [0, 0.05) is 11.8 Å². The molecular weight excluding hydrogens is 272 g/mol. The van der Waals surface area contributed by atoms with Crippen molar-refractivity contribution in [3.8, 4) is 0 Å². The fourth-order valence-electron chi connectivity index (χ4n) is 1.67. The van der Waals surface area contributed by atoms with E-state index < -0.39 is 15.1 Å². The minimum Gasteiger partial charge on any atom is -0.276 e. The molecule has 0 saturated carbocycles. The Morgan fingerprint density at radius 3 is 2.22 bits per heavy atom. The first kappa shape index (κ1) is 14.9. The molecule has 98 valence electrons. The van der Waals surface area contributed by atoms with Crippen LogP contribution in [0, 0.1) is 6.92 Å². The number of benzene rings is 1. The second kappa shape index (κ2) is 5.24. The normalized spacial score (nSPS) is 12.6. The average Bonchev–Trinajstić information content (AvgIpc) is 2.25. The van der Waals surface area contributed by atoms with E-state index in [9.17, 15) is 13.2 Å². The van der Waals surface area contributed by atoms with Crippen LogP contribution in [0.4, 0.5) is 0 Å². The van der Waals surface area contributed by atoms with E-state index in [1.807, 2.05) is 19.9 Å². The van der Waals surface area contributed by atoms with Gasteiger partial charge < -0.3 is 0 Å². The van der Waals surface area contributed by atoms with E-state index >= 15 is 0 Å². The lowest BCUT2D eigenvalue weighted by Gasteiger charge is -2.12. The van der Waals surface area contributed by atoms with Crippen molar-refractivity contribution in [1.82, 2.24) is 0 Å². The van der Waals surface area contributed by atoms with Crippen molar-refractivity contribution < 1.29 is 13.2 Å². The molecule has 0 aliphatic heterocycles. The lowest BCUT2D eigenvalue weighted by atomic mass is 10.0. The Labute approximate surface area is 112 Å². The number of hydrogen-bond acceptors (Lipinski definition) is 3. The molecule has 18 heavy (non-hydrogen) atoms. The standard InChI is InChI=1S/C13H15ClO3S/c1-5-8(2)10-6-9(3)11(13(14)15)7-12(10)18(4,16)17/h5-7H,1-4H3. The summed E-state index contributed by atoms with van der Waals surface area (Å²) in [5.74, 6) is 0. The molecule has 1 rings (SSSR count). The molecule has 1 aromatic rings. The Morgan fingerprint density at radius 1 is 1.28 bits per heavy atom. The number of carbonyl (C=O) groups is 1. The minimum absolute atomic E-state index is 0.132. The summed E-state index contributed by atoms with van der Waals surface area (Å²) in [7, 11) is -3.41. The Morgan fingerprint density at radius 2 is 1.83 bits per heavy atom. The van der Waals surface area contributed by atoms with Crippen LogP contribution < -0.4 is 0 Å². The highest BCUT2D eigenvalue weighted by Crippen LogP contribution is 2.27. The lowest BCUT2D eigenvalue weighted by Crippen LogP contribution is -2.06. The van der Waals surface area contributed by atoms with Crippen molar-refractivity contribution in [3.05, 3.63) is 34.9 Å². The van der Waals surface area contributed by atoms with Gasteiger partial charge in [0.1, 0.15) is 0 Å². The van der Waals surface area contributed by atoms with Crippen molar-refractivity contribution in [2.24, 2.45) is 0 Å². The Bertz CT molecular complexity index is 628. The Kier molecular flexibility index (Phi) is 4.35. The second-order valence-electron chi connectivity index (χ2n) is 4.18. The van der Waals surface area contributed by atoms with Gasteiger partial charge in [0.05, 0.1) is 4.90 Å². The van der Waals surface area contributed by atoms with Crippen LogP contribution in [-0.2, 0) is 9.84 Å². The topological polar surface area (TPSA) is 51.2 Å². The maximum atomic E-state index is 11.8. The van der Waals surface area contributed by atoms with E-state index in [-0.39, 0.29) is 10.5 Å². The van der Waals surface area contributed by atoms with Crippen LogP contribution in [0.5, 0.6) is 0 Å². The zero-order chi connectivity index (χ0) is 14.1. The maximum Gasteiger partial charge on any atom is 0.252 e. The first-order valence-electron chi connectivity index (χ1n) is 5.36. The van der Waals surface area contributed by atoms with Crippen molar-refractivity contribution in [2.45, 2.75) is 25.7 Å². The van der Waals surface area contributed by atoms with E-state index in [2.05, 4.69) is 0 Å². The number of carbonyl (C=O) groups excluding carboxylic acids is 1. The third kappa shape index (κ3) is 3.00. The van der Waals surface area contributed by atoms with Crippen LogP contribution in [0.2, 0.25) is 0 Å². The van der Waals surface area contributed by atoms with Gasteiger partial charge >= 0.3 is 0 Å². The maximum absolute atomic E-state index is 11.8. The molecule has 1 aromatic carbocycles. The molecule has 0 saturated heterocycles. The summed E-state index contributed by atoms with van der Waals surface area (Å²) in [6.45, 7) is 5.39. The quantitative estimate of drug-likeness (QED) is 0.802. The number of rotatable bonds is 3. The van der Waals surface area contributed by atoms with Gasteiger partial charge in [-0.2, -0.15) is 0 Å². The Balaban J connectivity index is 3.74. The largest absolute Gasteiger partial charge is 0.276 e. The summed E-state index contributed by atoms with van der Waals surface area (Å²) in [5.41, 5.74) is 2.34. The summed E-state index contributed by atoms with van der Waals surface area (Å²) in [6, 6.07) is 3.03. The number of hydrogen-bond donors (Lipinski definition) is 0. The van der Waals surface area contributed by atoms with Gasteiger partial charge in [0.25, 0.3) is 5.24 Å². The molecule has 0 amide bonds. The van der Waals surface area contributed by atoms with Crippen LogP contribution in [0.1, 0.15) is 35.3 Å². The van der Waals surface area contributed by atoms with Gasteiger partial charge in [-0.15, -0.1) is 0 Å². The highest BCUT2D eigenvalue weighted by molar-refractivity contribution is 7.90. The van der Waals surface area contributed by atoms with Gasteiger partial charge in [-0.1, -0.05) is 6.08 Å². The number of allylic oxidation sites excluding steroid dienone is 2. The van der Waals surface area contributed by atoms with Crippen LogP contribution in [0.15, 0.2) is 23.1 Å². The number of aryl methyl sites for hydroxylation is 1. The summed E-state index contributed by atoms with van der Waals surface area (Å²) < 4.78 is 23.6. The third-order valence-electron chi connectivity index (χ3n) is 2.80. The van der Waals surface area contributed by atoms with Gasteiger partial charge in [-0.25, -0.2) is 8.42 Å². The molecule has 0 aromatic heterocycles. The molecule has 0 unspecified atom stereocenters. The van der Waals surface area contributed by atoms with Crippen LogP contribution in [0.3, 0.4) is 0 Å². The molecule has 0 radical (unpaired) electrons. The van der Waals surface area contributed by atoms with Gasteiger partial charge in [-0.3, -0.25) is 4.79 Å². The predicted molar refractivity (Wildman–Crippen MR) is 73.8 cm³/mol. The van der Waals surface area contributed by atoms with Crippen molar-refractivity contribution >= 4 is 32.3 Å². The Hall–Kier alpha value is -1.13. The monoisotopic (exact) mass is 286 g/mol. The summed E-state index contributed by atoms with van der Waals surface area (Å²) >= 11 is 5.45. The van der Waals surface area contributed by atoms with Crippen LogP contribution in [-0.4, -0.2) is 19.9 Å².